The maximum Gasteiger partial charge on any atom is 0.138 e. The van der Waals surface area contributed by atoms with Crippen LogP contribution in [-0.2, 0) is 0 Å². The first kappa shape index (κ1) is 15.0. The van der Waals surface area contributed by atoms with E-state index in [1.54, 1.807) is 6.20 Å². The SMILES string of the molecule is CCC(C)CC(NC)c1cncc(OC(C)C)c1. The molecule has 0 aromatic carbocycles. The van der Waals surface area contributed by atoms with Gasteiger partial charge in [-0.25, -0.2) is 0 Å². The molecule has 1 aromatic rings. The molecule has 1 N–H and O–H groups in total. The molecular weight excluding hydrogens is 224 g/mol. The molecule has 2 atom stereocenters. The van der Waals surface area contributed by atoms with Crippen molar-refractivity contribution in [2.45, 2.75) is 52.7 Å². The topological polar surface area (TPSA) is 34.2 Å². The summed E-state index contributed by atoms with van der Waals surface area (Å²) < 4.78 is 5.69. The number of nitrogens with zero attached hydrogens (tertiary/aromatic N) is 1. The van der Waals surface area contributed by atoms with Gasteiger partial charge in [0, 0.05) is 12.2 Å². The lowest BCUT2D eigenvalue weighted by molar-refractivity contribution is 0.241. The van der Waals surface area contributed by atoms with Gasteiger partial charge in [-0.05, 0) is 44.9 Å². The Morgan fingerprint density at radius 3 is 2.56 bits per heavy atom. The van der Waals surface area contributed by atoms with Crippen molar-refractivity contribution in [1.29, 1.82) is 0 Å². The van der Waals surface area contributed by atoms with E-state index in [0.717, 1.165) is 12.2 Å². The lowest BCUT2D eigenvalue weighted by atomic mass is 9.95. The Morgan fingerprint density at radius 1 is 1.28 bits per heavy atom. The van der Waals surface area contributed by atoms with Gasteiger partial charge >= 0.3 is 0 Å². The molecule has 0 bridgehead atoms. The number of rotatable bonds is 7. The molecule has 1 rings (SSSR count). The quantitative estimate of drug-likeness (QED) is 0.803. The molecule has 0 aliphatic carbocycles. The van der Waals surface area contributed by atoms with Crippen molar-refractivity contribution in [3.05, 3.63) is 24.0 Å². The minimum Gasteiger partial charge on any atom is -0.489 e. The first-order valence-corrected chi connectivity index (χ1v) is 6.85. The first-order valence-electron chi connectivity index (χ1n) is 6.85. The highest BCUT2D eigenvalue weighted by Crippen LogP contribution is 2.25. The molecule has 3 heteroatoms. The summed E-state index contributed by atoms with van der Waals surface area (Å²) >= 11 is 0. The molecule has 2 unspecified atom stereocenters. The highest BCUT2D eigenvalue weighted by molar-refractivity contribution is 5.26. The van der Waals surface area contributed by atoms with Gasteiger partial charge in [-0.2, -0.15) is 0 Å². The molecule has 0 saturated carbocycles. The zero-order valence-corrected chi connectivity index (χ0v) is 12.2. The third kappa shape index (κ3) is 4.65. The van der Waals surface area contributed by atoms with Gasteiger partial charge in [0.15, 0.2) is 0 Å². The van der Waals surface area contributed by atoms with Crippen molar-refractivity contribution in [1.82, 2.24) is 10.3 Å². The second-order valence-corrected chi connectivity index (χ2v) is 5.21. The fourth-order valence-electron chi connectivity index (χ4n) is 1.95. The summed E-state index contributed by atoms with van der Waals surface area (Å²) in [5.74, 6) is 1.56. The Balaban J connectivity index is 2.79. The summed E-state index contributed by atoms with van der Waals surface area (Å²) in [7, 11) is 2.00. The predicted molar refractivity (Wildman–Crippen MR) is 75.9 cm³/mol. The van der Waals surface area contributed by atoms with E-state index in [0.29, 0.717) is 12.0 Å². The fraction of sp³-hybridized carbons (Fsp3) is 0.667. The molecule has 18 heavy (non-hydrogen) atoms. The van der Waals surface area contributed by atoms with E-state index in [1.165, 1.54) is 12.0 Å². The first-order chi connectivity index (χ1) is 8.56. The molecular formula is C15H26N2O. The van der Waals surface area contributed by atoms with Crippen LogP contribution in [0, 0.1) is 5.92 Å². The Kier molecular flexibility index (Phi) is 6.13. The second-order valence-electron chi connectivity index (χ2n) is 5.21. The molecule has 3 nitrogen and oxygen atoms in total. The third-order valence-electron chi connectivity index (χ3n) is 3.19. The average molecular weight is 250 g/mol. The van der Waals surface area contributed by atoms with Crippen molar-refractivity contribution in [2.24, 2.45) is 5.92 Å². The van der Waals surface area contributed by atoms with Crippen molar-refractivity contribution in [3.8, 4) is 5.75 Å². The molecule has 0 fully saturated rings. The number of ether oxygens (including phenoxy) is 1. The Hall–Kier alpha value is -1.09. The summed E-state index contributed by atoms with van der Waals surface area (Å²) in [5.41, 5.74) is 1.20. The second kappa shape index (κ2) is 7.37. The number of nitrogens with one attached hydrogen (secondary N) is 1. The number of aromatic nitrogens is 1. The van der Waals surface area contributed by atoms with E-state index in [9.17, 15) is 0 Å². The van der Waals surface area contributed by atoms with Crippen molar-refractivity contribution >= 4 is 0 Å². The van der Waals surface area contributed by atoms with Crippen LogP contribution in [-0.4, -0.2) is 18.1 Å². The van der Waals surface area contributed by atoms with Crippen LogP contribution in [0.3, 0.4) is 0 Å². The number of hydrogen-bond acceptors (Lipinski definition) is 3. The average Bonchev–Trinajstić information content (AvgIpc) is 2.35. The smallest absolute Gasteiger partial charge is 0.138 e. The van der Waals surface area contributed by atoms with Gasteiger partial charge in [0.25, 0.3) is 0 Å². The van der Waals surface area contributed by atoms with Crippen LogP contribution in [0.25, 0.3) is 0 Å². The van der Waals surface area contributed by atoms with Crippen LogP contribution in [0.2, 0.25) is 0 Å². The van der Waals surface area contributed by atoms with Crippen LogP contribution >= 0.6 is 0 Å². The van der Waals surface area contributed by atoms with Gasteiger partial charge in [0.2, 0.25) is 0 Å². The van der Waals surface area contributed by atoms with E-state index < -0.39 is 0 Å². The maximum absolute atomic E-state index is 5.69. The molecule has 0 spiro atoms. The molecule has 1 heterocycles. The minimum absolute atomic E-state index is 0.185. The molecule has 1 aromatic heterocycles. The van der Waals surface area contributed by atoms with Gasteiger partial charge in [-0.15, -0.1) is 0 Å². The van der Waals surface area contributed by atoms with E-state index in [1.807, 2.05) is 27.1 Å². The maximum atomic E-state index is 5.69. The van der Waals surface area contributed by atoms with E-state index >= 15 is 0 Å². The normalized spacial score (nSPS) is 14.6. The highest BCUT2D eigenvalue weighted by atomic mass is 16.5. The summed E-state index contributed by atoms with van der Waals surface area (Å²) in [6.07, 6.45) is 6.22. The summed E-state index contributed by atoms with van der Waals surface area (Å²) in [5, 5.41) is 3.37. The summed E-state index contributed by atoms with van der Waals surface area (Å²) in [6, 6.07) is 2.44. The zero-order valence-electron chi connectivity index (χ0n) is 12.2. The monoisotopic (exact) mass is 250 g/mol. The molecule has 0 amide bonds. The van der Waals surface area contributed by atoms with Crippen molar-refractivity contribution in [3.63, 3.8) is 0 Å². The molecule has 0 radical (unpaired) electrons. The molecule has 102 valence electrons. The van der Waals surface area contributed by atoms with E-state index in [-0.39, 0.29) is 6.10 Å². The van der Waals surface area contributed by atoms with Crippen LogP contribution in [0.1, 0.15) is 52.1 Å². The van der Waals surface area contributed by atoms with Gasteiger partial charge in [-0.3, -0.25) is 4.98 Å². The molecule has 0 aliphatic heterocycles. The van der Waals surface area contributed by atoms with Crippen LogP contribution in [0.4, 0.5) is 0 Å². The third-order valence-corrected chi connectivity index (χ3v) is 3.19. The summed E-state index contributed by atoms with van der Waals surface area (Å²) in [4.78, 5) is 4.27. The van der Waals surface area contributed by atoms with Crippen molar-refractivity contribution < 1.29 is 4.74 Å². The Morgan fingerprint density at radius 2 is 2.00 bits per heavy atom. The Bertz CT molecular complexity index is 352. The standard InChI is InChI=1S/C15H26N2O/c1-6-12(4)7-15(16-5)13-8-14(10-17-9-13)18-11(2)3/h8-12,15-16H,6-7H2,1-5H3. The lowest BCUT2D eigenvalue weighted by Gasteiger charge is -2.20. The van der Waals surface area contributed by atoms with Gasteiger partial charge in [0.05, 0.1) is 12.3 Å². The number of pyridine rings is 1. The van der Waals surface area contributed by atoms with Gasteiger partial charge in [-0.1, -0.05) is 20.3 Å². The van der Waals surface area contributed by atoms with E-state index in [2.05, 4.69) is 30.2 Å². The minimum atomic E-state index is 0.185. The zero-order chi connectivity index (χ0) is 13.5. The predicted octanol–water partition coefficient (Wildman–Crippen LogP) is 3.57. The van der Waals surface area contributed by atoms with Gasteiger partial charge in [0.1, 0.15) is 5.75 Å². The Labute approximate surface area is 111 Å². The van der Waals surface area contributed by atoms with Crippen molar-refractivity contribution in [2.75, 3.05) is 7.05 Å². The van der Waals surface area contributed by atoms with Crippen LogP contribution in [0.15, 0.2) is 18.5 Å². The largest absolute Gasteiger partial charge is 0.489 e. The molecule has 0 saturated heterocycles. The van der Waals surface area contributed by atoms with Crippen LogP contribution < -0.4 is 10.1 Å². The number of hydrogen-bond donors (Lipinski definition) is 1. The molecule has 0 aliphatic rings. The van der Waals surface area contributed by atoms with Crippen LogP contribution in [0.5, 0.6) is 5.75 Å². The fourth-order valence-corrected chi connectivity index (χ4v) is 1.95. The lowest BCUT2D eigenvalue weighted by Crippen LogP contribution is -2.19. The highest BCUT2D eigenvalue weighted by Gasteiger charge is 2.14. The van der Waals surface area contributed by atoms with Gasteiger partial charge < -0.3 is 10.1 Å². The van der Waals surface area contributed by atoms with E-state index in [4.69, 9.17) is 4.74 Å². The summed E-state index contributed by atoms with van der Waals surface area (Å²) in [6.45, 7) is 8.57.